The summed E-state index contributed by atoms with van der Waals surface area (Å²) in [5.41, 5.74) is 1.12. The number of hydrogen-bond donors (Lipinski definition) is 1. The second-order valence-corrected chi connectivity index (χ2v) is 8.01. The molecule has 0 radical (unpaired) electrons. The van der Waals surface area contributed by atoms with Gasteiger partial charge in [-0.15, -0.1) is 11.6 Å². The number of nitro groups is 1. The third-order valence-electron chi connectivity index (χ3n) is 5.17. The lowest BCUT2D eigenvalue weighted by atomic mass is 9.79. The first-order valence-electron chi connectivity index (χ1n) is 11.0. The van der Waals surface area contributed by atoms with Crippen molar-refractivity contribution >= 4 is 29.2 Å². The van der Waals surface area contributed by atoms with Gasteiger partial charge >= 0.3 is 11.9 Å². The van der Waals surface area contributed by atoms with E-state index in [4.69, 9.17) is 25.8 Å². The van der Waals surface area contributed by atoms with Crippen molar-refractivity contribution in [1.82, 2.24) is 5.32 Å². The van der Waals surface area contributed by atoms with E-state index in [2.05, 4.69) is 18.5 Å². The molecule has 0 unspecified atom stereocenters. The van der Waals surface area contributed by atoms with Gasteiger partial charge in [0.2, 0.25) is 0 Å². The van der Waals surface area contributed by atoms with E-state index < -0.39 is 22.8 Å². The van der Waals surface area contributed by atoms with E-state index in [1.165, 1.54) is 30.4 Å². The minimum Gasteiger partial charge on any atom is -0.493 e. The molecule has 0 aliphatic carbocycles. The van der Waals surface area contributed by atoms with Crippen LogP contribution in [0, 0.1) is 10.1 Å². The minimum atomic E-state index is -1.05. The third-order valence-corrected chi connectivity index (χ3v) is 5.43. The maximum absolute atomic E-state index is 13.1. The molecule has 0 bridgehead atoms. The molecule has 1 aliphatic rings. The van der Waals surface area contributed by atoms with Gasteiger partial charge in [-0.2, -0.15) is 0 Å². The number of nitrogens with zero attached hydrogens (tertiary/aromatic N) is 1. The van der Waals surface area contributed by atoms with E-state index in [1.54, 1.807) is 13.8 Å². The monoisotopic (exact) mass is 504 g/mol. The van der Waals surface area contributed by atoms with Crippen molar-refractivity contribution in [2.45, 2.75) is 32.6 Å². The number of benzene rings is 1. The van der Waals surface area contributed by atoms with Gasteiger partial charge in [0, 0.05) is 35.0 Å². The fraction of sp³-hybridized carbons (Fsp3) is 0.360. The Morgan fingerprint density at radius 1 is 1.09 bits per heavy atom. The molecule has 188 valence electrons. The van der Waals surface area contributed by atoms with Crippen LogP contribution in [-0.2, 0) is 19.1 Å². The molecule has 0 atom stereocenters. The molecule has 0 aromatic heterocycles. The highest BCUT2D eigenvalue weighted by molar-refractivity contribution is 6.17. The second kappa shape index (κ2) is 13.3. The summed E-state index contributed by atoms with van der Waals surface area (Å²) in [6.45, 7) is 10.6. The molecule has 0 amide bonds. The number of hydrogen-bond acceptors (Lipinski definition) is 8. The van der Waals surface area contributed by atoms with Crippen LogP contribution in [0.1, 0.15) is 38.2 Å². The maximum atomic E-state index is 13.1. The third kappa shape index (κ3) is 6.95. The van der Waals surface area contributed by atoms with Crippen LogP contribution >= 0.6 is 11.6 Å². The molecular formula is C25H29ClN2O7. The zero-order valence-electron chi connectivity index (χ0n) is 19.8. The lowest BCUT2D eigenvalue weighted by molar-refractivity contribution is -0.384. The van der Waals surface area contributed by atoms with Crippen LogP contribution in [0.15, 0.2) is 66.0 Å². The highest BCUT2D eigenvalue weighted by atomic mass is 35.5. The number of non-ortho nitro benzene ring substituents is 1. The molecular weight excluding hydrogens is 476 g/mol. The van der Waals surface area contributed by atoms with Crippen molar-refractivity contribution in [1.29, 1.82) is 0 Å². The number of dihydropyridines is 1. The Morgan fingerprint density at radius 3 is 2.14 bits per heavy atom. The largest absolute Gasteiger partial charge is 0.493 e. The molecule has 1 aliphatic heterocycles. The van der Waals surface area contributed by atoms with Crippen LogP contribution in [0.4, 0.5) is 5.69 Å². The van der Waals surface area contributed by atoms with E-state index in [0.717, 1.165) is 0 Å². The van der Waals surface area contributed by atoms with Gasteiger partial charge < -0.3 is 19.5 Å². The van der Waals surface area contributed by atoms with Crippen molar-refractivity contribution in [3.05, 3.63) is 81.7 Å². The Labute approximate surface area is 209 Å². The number of ether oxygens (including phenoxy) is 3. The number of carbonyl (C=O) groups is 2. The van der Waals surface area contributed by atoms with Crippen molar-refractivity contribution in [3.8, 4) is 5.75 Å². The molecule has 0 spiro atoms. The fourth-order valence-electron chi connectivity index (χ4n) is 3.66. The number of nitrogens with one attached hydrogen (secondary N) is 1. The highest BCUT2D eigenvalue weighted by Crippen LogP contribution is 2.44. The molecule has 1 N–H and O–H groups in total. The molecule has 1 heterocycles. The number of esters is 2. The first-order chi connectivity index (χ1) is 16.8. The SMILES string of the molecule is C=CCOC(=O)C1=C(C)NC(C)=C(C(=O)OCC=C)C1c1cc([N+](=O)[O-])ccc1OCCCCCl. The fourth-order valence-corrected chi connectivity index (χ4v) is 3.85. The number of rotatable bonds is 13. The van der Waals surface area contributed by atoms with Gasteiger partial charge in [0.05, 0.1) is 28.6 Å². The van der Waals surface area contributed by atoms with Crippen LogP contribution in [0.25, 0.3) is 0 Å². The molecule has 0 fully saturated rings. The molecule has 0 saturated carbocycles. The molecule has 9 nitrogen and oxygen atoms in total. The zero-order valence-corrected chi connectivity index (χ0v) is 20.6. The lowest BCUT2D eigenvalue weighted by Crippen LogP contribution is -2.33. The predicted octanol–water partition coefficient (Wildman–Crippen LogP) is 4.69. The standard InChI is InChI=1S/C25H29ClN2O7/c1-5-12-34-24(29)21-16(3)27-17(4)22(25(30)35-13-6-2)23(21)19-15-18(28(31)32)9-10-20(19)33-14-8-7-11-26/h5-6,9-10,15,23,27H,1-2,7-8,11-14H2,3-4H3. The molecule has 35 heavy (non-hydrogen) atoms. The Balaban J connectivity index is 2.73. The van der Waals surface area contributed by atoms with E-state index in [-0.39, 0.29) is 35.6 Å². The Bertz CT molecular complexity index is 1020. The normalized spacial score (nSPS) is 13.7. The predicted molar refractivity (Wildman–Crippen MR) is 132 cm³/mol. The number of carbonyl (C=O) groups excluding carboxylic acids is 2. The highest BCUT2D eigenvalue weighted by Gasteiger charge is 2.40. The van der Waals surface area contributed by atoms with Crippen molar-refractivity contribution < 1.29 is 28.7 Å². The van der Waals surface area contributed by atoms with Crippen LogP contribution in [0.3, 0.4) is 0 Å². The van der Waals surface area contributed by atoms with E-state index in [1.807, 2.05) is 0 Å². The van der Waals surface area contributed by atoms with Gasteiger partial charge in [-0.3, -0.25) is 10.1 Å². The van der Waals surface area contributed by atoms with Gasteiger partial charge in [0.25, 0.3) is 5.69 Å². The van der Waals surface area contributed by atoms with Gasteiger partial charge in [-0.05, 0) is 32.8 Å². The zero-order chi connectivity index (χ0) is 26.0. The smallest absolute Gasteiger partial charge is 0.337 e. The summed E-state index contributed by atoms with van der Waals surface area (Å²) in [5.74, 6) is -1.70. The van der Waals surface area contributed by atoms with E-state index >= 15 is 0 Å². The Kier molecular flexibility index (Phi) is 10.5. The minimum absolute atomic E-state index is 0.0575. The van der Waals surface area contributed by atoms with Crippen molar-refractivity contribution in [3.63, 3.8) is 0 Å². The molecule has 10 heteroatoms. The number of alkyl halides is 1. The number of unbranched alkanes of at least 4 members (excludes halogenated alkanes) is 1. The van der Waals surface area contributed by atoms with Crippen LogP contribution in [-0.4, -0.2) is 42.6 Å². The molecule has 0 saturated heterocycles. The maximum Gasteiger partial charge on any atom is 0.337 e. The Hall–Kier alpha value is -3.59. The van der Waals surface area contributed by atoms with Crippen LogP contribution < -0.4 is 10.1 Å². The van der Waals surface area contributed by atoms with E-state index in [0.29, 0.717) is 42.5 Å². The van der Waals surface area contributed by atoms with Gasteiger partial charge in [0.15, 0.2) is 0 Å². The molecule has 1 aromatic carbocycles. The topological polar surface area (TPSA) is 117 Å². The van der Waals surface area contributed by atoms with Crippen molar-refractivity contribution in [2.75, 3.05) is 25.7 Å². The average molecular weight is 505 g/mol. The summed E-state index contributed by atoms with van der Waals surface area (Å²) in [7, 11) is 0. The summed E-state index contributed by atoms with van der Waals surface area (Å²) in [4.78, 5) is 37.3. The number of nitro benzene ring substituents is 1. The molecule has 2 rings (SSSR count). The average Bonchev–Trinajstić information content (AvgIpc) is 2.83. The van der Waals surface area contributed by atoms with Gasteiger partial charge in [-0.25, -0.2) is 9.59 Å². The second-order valence-electron chi connectivity index (χ2n) is 7.63. The quantitative estimate of drug-likeness (QED) is 0.103. The molecule has 1 aromatic rings. The first kappa shape index (κ1) is 27.7. The van der Waals surface area contributed by atoms with Gasteiger partial charge in [-0.1, -0.05) is 25.3 Å². The number of allylic oxidation sites excluding steroid dienone is 2. The van der Waals surface area contributed by atoms with Crippen molar-refractivity contribution in [2.24, 2.45) is 0 Å². The summed E-state index contributed by atoms with van der Waals surface area (Å²) in [6, 6.07) is 4.06. The van der Waals surface area contributed by atoms with Crippen LogP contribution in [0.5, 0.6) is 5.75 Å². The van der Waals surface area contributed by atoms with Crippen LogP contribution in [0.2, 0.25) is 0 Å². The Morgan fingerprint density at radius 2 is 1.66 bits per heavy atom. The lowest BCUT2D eigenvalue weighted by Gasteiger charge is -2.31. The summed E-state index contributed by atoms with van der Waals surface area (Å²) in [6.07, 6.45) is 4.20. The summed E-state index contributed by atoms with van der Waals surface area (Å²) in [5, 5.41) is 14.6. The summed E-state index contributed by atoms with van der Waals surface area (Å²) >= 11 is 5.75. The summed E-state index contributed by atoms with van der Waals surface area (Å²) < 4.78 is 16.5. The van der Waals surface area contributed by atoms with E-state index in [9.17, 15) is 19.7 Å². The first-order valence-corrected chi connectivity index (χ1v) is 11.5. The van der Waals surface area contributed by atoms with Gasteiger partial charge in [0.1, 0.15) is 19.0 Å². The number of halogens is 1.